The predicted octanol–water partition coefficient (Wildman–Crippen LogP) is 2.33. The molecule has 0 fully saturated rings. The van der Waals surface area contributed by atoms with Crippen molar-refractivity contribution in [2.75, 3.05) is 14.1 Å². The van der Waals surface area contributed by atoms with Gasteiger partial charge in [-0.3, -0.25) is 0 Å². The van der Waals surface area contributed by atoms with Gasteiger partial charge in [0, 0.05) is 0 Å². The molecule has 0 heterocycles. The average Bonchev–Trinajstić information content (AvgIpc) is 2.18. The van der Waals surface area contributed by atoms with E-state index in [0.717, 1.165) is 0 Å². The summed E-state index contributed by atoms with van der Waals surface area (Å²) < 4.78 is 1.17. The van der Waals surface area contributed by atoms with Gasteiger partial charge >= 0.3 is 93.8 Å². The van der Waals surface area contributed by atoms with Gasteiger partial charge in [-0.15, -0.1) is 0 Å². The van der Waals surface area contributed by atoms with E-state index < -0.39 is 0 Å². The zero-order chi connectivity index (χ0) is 10.6. The molecule has 74 valence electrons. The van der Waals surface area contributed by atoms with E-state index in [1.165, 1.54) is 15.6 Å². The maximum absolute atomic E-state index is 3.07. The van der Waals surface area contributed by atoms with Gasteiger partial charge in [0.15, 0.2) is 0 Å². The van der Waals surface area contributed by atoms with E-state index >= 15 is 0 Å². The van der Waals surface area contributed by atoms with Gasteiger partial charge in [-0.25, -0.2) is 0 Å². The number of rotatable bonds is 3. The summed E-state index contributed by atoms with van der Waals surface area (Å²) in [6, 6.07) is 10.3. The fraction of sp³-hybridized carbons (Fsp3) is 0.250. The van der Waals surface area contributed by atoms with Gasteiger partial charge in [0.05, 0.1) is 0 Å². The molecule has 2 heteroatoms. The van der Waals surface area contributed by atoms with E-state index in [0.29, 0.717) is 0 Å². The van der Waals surface area contributed by atoms with Crippen LogP contribution in [0, 0.1) is 0 Å². The Labute approximate surface area is 94.0 Å². The van der Waals surface area contributed by atoms with Crippen LogP contribution in [0.2, 0.25) is 0 Å². The summed E-state index contributed by atoms with van der Waals surface area (Å²) in [5.41, 5.74) is 2.49. The molecule has 0 radical (unpaired) electrons. The quantitative estimate of drug-likeness (QED) is 0.763. The molecule has 0 N–H and O–H groups in total. The van der Waals surface area contributed by atoms with Crippen molar-refractivity contribution >= 4 is 10.6 Å². The van der Waals surface area contributed by atoms with Crippen LogP contribution in [0.5, 0.6) is 0 Å². The summed E-state index contributed by atoms with van der Waals surface area (Å²) in [5.74, 6) is 0. The summed E-state index contributed by atoms with van der Waals surface area (Å²) in [6.07, 6.45) is 2.17. The molecular formula is C12H15CrN. The van der Waals surface area contributed by atoms with Crippen LogP contribution in [0.25, 0.3) is 6.08 Å². The van der Waals surface area contributed by atoms with Gasteiger partial charge in [0.2, 0.25) is 0 Å². The molecular weight excluding hydrogens is 210 g/mol. The second-order valence-electron chi connectivity index (χ2n) is 3.44. The molecule has 0 aromatic heterocycles. The van der Waals surface area contributed by atoms with Gasteiger partial charge in [-0.2, -0.15) is 0 Å². The Morgan fingerprint density at radius 2 is 1.79 bits per heavy atom. The van der Waals surface area contributed by atoms with Crippen molar-refractivity contribution in [2.24, 2.45) is 0 Å². The first-order valence-corrected chi connectivity index (χ1v) is 5.20. The van der Waals surface area contributed by atoms with E-state index in [9.17, 15) is 0 Å². The van der Waals surface area contributed by atoms with Crippen LogP contribution in [0.1, 0.15) is 12.5 Å². The molecule has 14 heavy (non-hydrogen) atoms. The predicted molar refractivity (Wildman–Crippen MR) is 58.8 cm³/mol. The van der Waals surface area contributed by atoms with Crippen LogP contribution in [0.4, 0.5) is 0 Å². The molecule has 0 saturated heterocycles. The molecule has 1 nitrogen and oxygen atoms in total. The molecule has 1 aromatic rings. The Morgan fingerprint density at radius 3 is 2.29 bits per heavy atom. The van der Waals surface area contributed by atoms with E-state index in [-0.39, 0.29) is 0 Å². The fourth-order valence-corrected chi connectivity index (χ4v) is 1.31. The second-order valence-corrected chi connectivity index (χ2v) is 4.04. The minimum atomic E-state index is 1.17. The SMILES string of the molecule is C/C(=C\c1ccccc1)[C](=[Cr])N(C)C. The summed E-state index contributed by atoms with van der Waals surface area (Å²) in [5, 5.41) is 0. The second kappa shape index (κ2) is 5.26. The zero-order valence-electron chi connectivity index (χ0n) is 8.82. The Balaban J connectivity index is 2.84. The summed E-state index contributed by atoms with van der Waals surface area (Å²) in [7, 11) is 4.07. The average molecular weight is 225 g/mol. The number of hydrogen-bond donors (Lipinski definition) is 0. The molecule has 0 saturated carbocycles. The summed E-state index contributed by atoms with van der Waals surface area (Å²) in [6.45, 7) is 2.11. The molecule has 0 atom stereocenters. The van der Waals surface area contributed by atoms with E-state index in [1.807, 2.05) is 32.3 Å². The third-order valence-electron chi connectivity index (χ3n) is 1.93. The van der Waals surface area contributed by atoms with Gasteiger partial charge in [-0.05, 0) is 0 Å². The van der Waals surface area contributed by atoms with E-state index in [2.05, 4.69) is 45.9 Å². The van der Waals surface area contributed by atoms with Crippen LogP contribution < -0.4 is 0 Å². The number of likely N-dealkylation sites (N-methyl/N-ethyl adjacent to an activating group) is 1. The Kier molecular flexibility index (Phi) is 4.29. The number of hydrogen-bond acceptors (Lipinski definition) is 1. The third-order valence-corrected chi connectivity index (χ3v) is 3.00. The molecule has 1 aromatic carbocycles. The van der Waals surface area contributed by atoms with Gasteiger partial charge in [0.25, 0.3) is 0 Å². The van der Waals surface area contributed by atoms with Crippen LogP contribution >= 0.6 is 0 Å². The minimum absolute atomic E-state index is 1.17. The summed E-state index contributed by atoms with van der Waals surface area (Å²) in [4.78, 5) is 2.08. The molecule has 1 rings (SSSR count). The monoisotopic (exact) mass is 225 g/mol. The third kappa shape index (κ3) is 3.23. The number of benzene rings is 1. The van der Waals surface area contributed by atoms with Crippen LogP contribution in [0.15, 0.2) is 35.9 Å². The van der Waals surface area contributed by atoms with E-state index in [1.54, 1.807) is 0 Å². The Morgan fingerprint density at radius 1 is 1.21 bits per heavy atom. The standard InChI is InChI=1S/C12H15N.Cr/c1-11(10-13(2)3)9-12-7-5-4-6-8-12;/h4-9H,1-3H3;/b11-9+;. The van der Waals surface area contributed by atoms with Gasteiger partial charge in [-0.1, -0.05) is 0 Å². The van der Waals surface area contributed by atoms with Crippen molar-refractivity contribution in [3.05, 3.63) is 41.5 Å². The zero-order valence-corrected chi connectivity index (χ0v) is 10.1. The molecule has 0 aliphatic rings. The fourth-order valence-electron chi connectivity index (χ4n) is 1.21. The van der Waals surface area contributed by atoms with Crippen LogP contribution in [-0.2, 0) is 15.9 Å². The molecule has 0 unspecified atom stereocenters. The molecule has 0 aliphatic carbocycles. The van der Waals surface area contributed by atoms with Crippen molar-refractivity contribution in [2.45, 2.75) is 6.92 Å². The Bertz CT molecular complexity index is 339. The number of nitrogens with zero attached hydrogens (tertiary/aromatic N) is 1. The molecule has 0 amide bonds. The van der Waals surface area contributed by atoms with Gasteiger partial charge in [0.1, 0.15) is 0 Å². The van der Waals surface area contributed by atoms with Crippen LogP contribution in [-0.4, -0.2) is 23.5 Å². The van der Waals surface area contributed by atoms with Crippen molar-refractivity contribution in [3.63, 3.8) is 0 Å². The van der Waals surface area contributed by atoms with Crippen molar-refractivity contribution in [1.82, 2.24) is 4.90 Å². The van der Waals surface area contributed by atoms with Crippen LogP contribution in [0.3, 0.4) is 0 Å². The molecule has 0 bridgehead atoms. The molecule has 0 spiro atoms. The maximum atomic E-state index is 3.07. The topological polar surface area (TPSA) is 3.24 Å². The Hall–Kier alpha value is -0.678. The van der Waals surface area contributed by atoms with Crippen molar-refractivity contribution < 1.29 is 15.9 Å². The van der Waals surface area contributed by atoms with Crippen molar-refractivity contribution in [3.8, 4) is 0 Å². The van der Waals surface area contributed by atoms with Crippen molar-refractivity contribution in [1.29, 1.82) is 0 Å². The van der Waals surface area contributed by atoms with Gasteiger partial charge < -0.3 is 0 Å². The first-order chi connectivity index (χ1) is 6.61. The molecule has 0 aliphatic heterocycles. The normalized spacial score (nSPS) is 11.9. The van der Waals surface area contributed by atoms with E-state index in [4.69, 9.17) is 0 Å². The first-order valence-electron chi connectivity index (χ1n) is 4.56. The summed E-state index contributed by atoms with van der Waals surface area (Å²) >= 11 is 3.07. The first kappa shape index (κ1) is 11.4.